The highest BCUT2D eigenvalue weighted by molar-refractivity contribution is 5.84. The maximum atomic E-state index is 9.53. The first-order valence-electron chi connectivity index (χ1n) is 7.18. The van der Waals surface area contributed by atoms with Gasteiger partial charge in [0.25, 0.3) is 0 Å². The largest absolute Gasteiger partial charge is 0.508 e. The molecule has 0 amide bonds. The Kier molecular flexibility index (Phi) is 2.94. The molecule has 2 nitrogen and oxygen atoms in total. The summed E-state index contributed by atoms with van der Waals surface area (Å²) in [6.07, 6.45) is 0. The molecular formula is C20H14O2. The number of phenolic OH excluding ortho intramolecular Hbond substituents is 1. The third-order valence-electron chi connectivity index (χ3n) is 3.78. The standard InChI is InChI=1S/C20H14O2/c21-18-10-11-19-17(12-18)13-20(22-19)16-8-6-15(7-9-16)14-4-2-1-3-5-14/h1-13,21H. The van der Waals surface area contributed by atoms with Gasteiger partial charge >= 0.3 is 0 Å². The normalized spacial score (nSPS) is 10.9. The summed E-state index contributed by atoms with van der Waals surface area (Å²) >= 11 is 0. The summed E-state index contributed by atoms with van der Waals surface area (Å²) in [6.45, 7) is 0. The minimum atomic E-state index is 0.249. The zero-order valence-electron chi connectivity index (χ0n) is 11.9. The number of rotatable bonds is 2. The van der Waals surface area contributed by atoms with Crippen LogP contribution in [-0.4, -0.2) is 5.11 Å². The average molecular weight is 286 g/mol. The van der Waals surface area contributed by atoms with E-state index in [1.807, 2.05) is 24.3 Å². The average Bonchev–Trinajstić information content (AvgIpc) is 2.99. The predicted octanol–water partition coefficient (Wildman–Crippen LogP) is 5.47. The van der Waals surface area contributed by atoms with Gasteiger partial charge in [-0.1, -0.05) is 54.6 Å². The first kappa shape index (κ1) is 12.7. The molecule has 0 radical (unpaired) electrons. The number of benzene rings is 3. The molecule has 0 aliphatic heterocycles. The van der Waals surface area contributed by atoms with Crippen LogP contribution in [0.3, 0.4) is 0 Å². The van der Waals surface area contributed by atoms with Gasteiger partial charge in [-0.05, 0) is 35.4 Å². The van der Waals surface area contributed by atoms with Crippen LogP contribution in [0.25, 0.3) is 33.4 Å². The molecule has 4 aromatic rings. The van der Waals surface area contributed by atoms with Crippen molar-refractivity contribution in [1.29, 1.82) is 0 Å². The molecule has 3 aromatic carbocycles. The van der Waals surface area contributed by atoms with Crippen molar-refractivity contribution in [2.75, 3.05) is 0 Å². The summed E-state index contributed by atoms with van der Waals surface area (Å²) in [5, 5.41) is 10.4. The van der Waals surface area contributed by atoms with Crippen molar-refractivity contribution in [2.45, 2.75) is 0 Å². The molecular weight excluding hydrogens is 272 g/mol. The lowest BCUT2D eigenvalue weighted by atomic mass is 10.0. The molecule has 0 atom stereocenters. The fourth-order valence-corrected chi connectivity index (χ4v) is 2.63. The third-order valence-corrected chi connectivity index (χ3v) is 3.78. The molecule has 0 fully saturated rings. The second-order valence-electron chi connectivity index (χ2n) is 5.28. The molecule has 1 aromatic heterocycles. The Bertz CT molecular complexity index is 919. The second kappa shape index (κ2) is 5.08. The Morgan fingerprint density at radius 1 is 0.636 bits per heavy atom. The molecule has 2 heteroatoms. The van der Waals surface area contributed by atoms with Crippen LogP contribution < -0.4 is 0 Å². The van der Waals surface area contributed by atoms with E-state index >= 15 is 0 Å². The highest BCUT2D eigenvalue weighted by atomic mass is 16.3. The Labute approximate surface area is 128 Å². The number of fused-ring (bicyclic) bond motifs is 1. The third kappa shape index (κ3) is 2.25. The molecule has 22 heavy (non-hydrogen) atoms. The number of hydrogen-bond acceptors (Lipinski definition) is 2. The van der Waals surface area contributed by atoms with Gasteiger partial charge in [-0.2, -0.15) is 0 Å². The summed E-state index contributed by atoms with van der Waals surface area (Å²) in [4.78, 5) is 0. The van der Waals surface area contributed by atoms with Crippen LogP contribution in [0.15, 0.2) is 83.3 Å². The van der Waals surface area contributed by atoms with Gasteiger partial charge in [0.1, 0.15) is 17.1 Å². The van der Waals surface area contributed by atoms with E-state index in [9.17, 15) is 5.11 Å². The lowest BCUT2D eigenvalue weighted by molar-refractivity contribution is 0.476. The van der Waals surface area contributed by atoms with Gasteiger partial charge in [0.2, 0.25) is 0 Å². The van der Waals surface area contributed by atoms with Crippen LogP contribution in [0.4, 0.5) is 0 Å². The molecule has 4 rings (SSSR count). The van der Waals surface area contributed by atoms with E-state index in [0.29, 0.717) is 0 Å². The maximum Gasteiger partial charge on any atom is 0.135 e. The van der Waals surface area contributed by atoms with Crippen molar-refractivity contribution < 1.29 is 9.52 Å². The van der Waals surface area contributed by atoms with E-state index in [2.05, 4.69) is 36.4 Å². The second-order valence-corrected chi connectivity index (χ2v) is 5.28. The van der Waals surface area contributed by atoms with Crippen LogP contribution in [0, 0.1) is 0 Å². The van der Waals surface area contributed by atoms with Crippen LogP contribution in [-0.2, 0) is 0 Å². The highest BCUT2D eigenvalue weighted by Gasteiger charge is 2.07. The van der Waals surface area contributed by atoms with Gasteiger partial charge in [-0.25, -0.2) is 0 Å². The van der Waals surface area contributed by atoms with Crippen molar-refractivity contribution in [3.05, 3.63) is 78.9 Å². The highest BCUT2D eigenvalue weighted by Crippen LogP contribution is 2.31. The van der Waals surface area contributed by atoms with Crippen LogP contribution in [0.5, 0.6) is 5.75 Å². The van der Waals surface area contributed by atoms with Gasteiger partial charge in [-0.15, -0.1) is 0 Å². The Balaban J connectivity index is 1.73. The van der Waals surface area contributed by atoms with Crippen molar-refractivity contribution in [3.8, 4) is 28.2 Å². The van der Waals surface area contributed by atoms with Crippen molar-refractivity contribution in [2.24, 2.45) is 0 Å². The summed E-state index contributed by atoms with van der Waals surface area (Å²) in [5.74, 6) is 1.06. The SMILES string of the molecule is Oc1ccc2oc(-c3ccc(-c4ccccc4)cc3)cc2c1. The number of phenols is 1. The van der Waals surface area contributed by atoms with Crippen molar-refractivity contribution in [1.82, 2.24) is 0 Å². The molecule has 1 heterocycles. The Hall–Kier alpha value is -3.00. The van der Waals surface area contributed by atoms with E-state index < -0.39 is 0 Å². The fourth-order valence-electron chi connectivity index (χ4n) is 2.63. The summed E-state index contributed by atoms with van der Waals surface area (Å²) in [6, 6.07) is 25.7. The van der Waals surface area contributed by atoms with Gasteiger partial charge < -0.3 is 9.52 Å². The minimum Gasteiger partial charge on any atom is -0.508 e. The van der Waals surface area contributed by atoms with Gasteiger partial charge in [0.05, 0.1) is 0 Å². The van der Waals surface area contributed by atoms with Crippen LogP contribution in [0.2, 0.25) is 0 Å². The van der Waals surface area contributed by atoms with Crippen LogP contribution >= 0.6 is 0 Å². The first-order chi connectivity index (χ1) is 10.8. The topological polar surface area (TPSA) is 33.4 Å². The van der Waals surface area contributed by atoms with E-state index in [0.717, 1.165) is 22.3 Å². The minimum absolute atomic E-state index is 0.249. The van der Waals surface area contributed by atoms with E-state index in [-0.39, 0.29) is 5.75 Å². The molecule has 1 N–H and O–H groups in total. The Morgan fingerprint density at radius 3 is 2.09 bits per heavy atom. The maximum absolute atomic E-state index is 9.53. The van der Waals surface area contributed by atoms with Gasteiger partial charge in [0, 0.05) is 10.9 Å². The molecule has 106 valence electrons. The lowest BCUT2D eigenvalue weighted by Crippen LogP contribution is -1.78. The summed E-state index contributed by atoms with van der Waals surface area (Å²) in [5.41, 5.74) is 4.18. The molecule has 0 spiro atoms. The fraction of sp³-hybridized carbons (Fsp3) is 0. The molecule has 0 saturated carbocycles. The smallest absolute Gasteiger partial charge is 0.135 e. The number of aromatic hydroxyl groups is 1. The predicted molar refractivity (Wildman–Crippen MR) is 88.8 cm³/mol. The molecule has 0 saturated heterocycles. The van der Waals surface area contributed by atoms with E-state index in [1.165, 1.54) is 11.1 Å². The zero-order chi connectivity index (χ0) is 14.9. The van der Waals surface area contributed by atoms with E-state index in [4.69, 9.17) is 4.42 Å². The lowest BCUT2D eigenvalue weighted by Gasteiger charge is -2.02. The van der Waals surface area contributed by atoms with Crippen molar-refractivity contribution in [3.63, 3.8) is 0 Å². The zero-order valence-corrected chi connectivity index (χ0v) is 11.9. The van der Waals surface area contributed by atoms with Gasteiger partial charge in [0.15, 0.2) is 0 Å². The van der Waals surface area contributed by atoms with Crippen LogP contribution in [0.1, 0.15) is 0 Å². The molecule has 0 aliphatic carbocycles. The monoisotopic (exact) mass is 286 g/mol. The van der Waals surface area contributed by atoms with Gasteiger partial charge in [-0.3, -0.25) is 0 Å². The molecule has 0 unspecified atom stereocenters. The summed E-state index contributed by atoms with van der Waals surface area (Å²) in [7, 11) is 0. The Morgan fingerprint density at radius 2 is 1.32 bits per heavy atom. The quantitative estimate of drug-likeness (QED) is 0.530. The molecule has 0 aliphatic rings. The first-order valence-corrected chi connectivity index (χ1v) is 7.18. The number of hydrogen-bond donors (Lipinski definition) is 1. The van der Waals surface area contributed by atoms with Crippen molar-refractivity contribution >= 4 is 11.0 Å². The number of furan rings is 1. The summed E-state index contributed by atoms with van der Waals surface area (Å²) < 4.78 is 5.84. The van der Waals surface area contributed by atoms with E-state index in [1.54, 1.807) is 18.2 Å². The molecule has 0 bridgehead atoms.